The number of hydrogen-bond donors (Lipinski definition) is 3. The van der Waals surface area contributed by atoms with Crippen molar-refractivity contribution >= 4 is 13.7 Å². The van der Waals surface area contributed by atoms with E-state index in [0.29, 0.717) is 23.9 Å². The van der Waals surface area contributed by atoms with E-state index in [2.05, 4.69) is 43.5 Å². The predicted octanol–water partition coefficient (Wildman–Crippen LogP) is 14.9. The van der Waals surface area contributed by atoms with Crippen LogP contribution in [0.4, 0.5) is 0 Å². The lowest BCUT2D eigenvalue weighted by Crippen LogP contribution is -2.46. The summed E-state index contributed by atoms with van der Waals surface area (Å²) >= 11 is 0. The van der Waals surface area contributed by atoms with E-state index in [1.165, 1.54) is 173 Å². The van der Waals surface area contributed by atoms with Crippen molar-refractivity contribution in [2.45, 2.75) is 257 Å². The Morgan fingerprint density at radius 2 is 0.950 bits per heavy atom. The lowest BCUT2D eigenvalue weighted by Gasteiger charge is -2.26. The molecule has 0 aromatic heterocycles. The van der Waals surface area contributed by atoms with Crippen LogP contribution in [0.3, 0.4) is 0 Å². The van der Waals surface area contributed by atoms with Gasteiger partial charge in [-0.15, -0.1) is 0 Å². The topological polar surface area (TPSA) is 105 Å². The van der Waals surface area contributed by atoms with Gasteiger partial charge in [-0.05, 0) is 44.9 Å². The van der Waals surface area contributed by atoms with E-state index < -0.39 is 20.0 Å². The Morgan fingerprint density at radius 3 is 1.40 bits per heavy atom. The Balaban J connectivity index is 4.26. The number of rotatable bonds is 47. The van der Waals surface area contributed by atoms with E-state index in [1.54, 1.807) is 0 Å². The van der Waals surface area contributed by atoms with Gasteiger partial charge >= 0.3 is 7.82 Å². The first-order valence-electron chi connectivity index (χ1n) is 25.7. The largest absolute Gasteiger partial charge is 0.472 e. The highest BCUT2D eigenvalue weighted by atomic mass is 31.2. The summed E-state index contributed by atoms with van der Waals surface area (Å²) in [6.45, 7) is 4.88. The number of nitrogens with zero attached hydrogens (tertiary/aromatic N) is 1. The van der Waals surface area contributed by atoms with Crippen molar-refractivity contribution in [2.24, 2.45) is 0 Å². The SMILES string of the molecule is CCCCC/C=C\C/C=C\CCCCCCCCCCCC(=O)NC(COP(=O)(O)OCC[N+](C)(C)C)C(O)CCCCCCCCCCCCCCCCCCCCC. The van der Waals surface area contributed by atoms with Crippen LogP contribution in [0.25, 0.3) is 0 Å². The van der Waals surface area contributed by atoms with Gasteiger partial charge in [0.15, 0.2) is 0 Å². The fraction of sp³-hybridized carbons (Fsp3) is 0.902. The van der Waals surface area contributed by atoms with Crippen molar-refractivity contribution in [3.05, 3.63) is 24.3 Å². The second-order valence-electron chi connectivity index (χ2n) is 18.9. The molecular formula is C51H102N2O6P+. The highest BCUT2D eigenvalue weighted by Crippen LogP contribution is 2.43. The standard InChI is InChI=1S/C51H101N2O6P/c1-6-8-10-12-14-16-18-20-22-24-26-28-30-32-34-36-38-40-42-44-50(54)49(48-59-60(56,57)58-47-46-53(3,4)5)52-51(55)45-43-41-39-37-35-33-31-29-27-25-23-21-19-17-15-13-11-9-7-2/h15,17,21,23,49-50,54H,6-14,16,18-20,22,24-48H2,1-5H3,(H-,52,55,56,57)/p+1/b17-15-,23-21-. The van der Waals surface area contributed by atoms with Crippen molar-refractivity contribution in [1.29, 1.82) is 0 Å². The van der Waals surface area contributed by atoms with Gasteiger partial charge in [-0.25, -0.2) is 4.57 Å². The second-order valence-corrected chi connectivity index (χ2v) is 20.4. The molecule has 356 valence electrons. The lowest BCUT2D eigenvalue weighted by molar-refractivity contribution is -0.870. The van der Waals surface area contributed by atoms with Gasteiger partial charge in [-0.3, -0.25) is 13.8 Å². The first-order chi connectivity index (χ1) is 29.0. The molecule has 3 N–H and O–H groups in total. The van der Waals surface area contributed by atoms with Gasteiger partial charge in [0.2, 0.25) is 5.91 Å². The summed E-state index contributed by atoms with van der Waals surface area (Å²) in [5.74, 6) is -0.147. The Hall–Kier alpha value is -1.02. The van der Waals surface area contributed by atoms with Crippen molar-refractivity contribution in [3.63, 3.8) is 0 Å². The van der Waals surface area contributed by atoms with Crippen LogP contribution in [0, 0.1) is 0 Å². The number of likely N-dealkylation sites (N-methyl/N-ethyl adjacent to an activating group) is 1. The summed E-state index contributed by atoms with van der Waals surface area (Å²) in [6, 6.07) is -0.761. The van der Waals surface area contributed by atoms with Gasteiger partial charge in [-0.1, -0.05) is 218 Å². The van der Waals surface area contributed by atoms with Gasteiger partial charge in [0.1, 0.15) is 13.2 Å². The number of allylic oxidation sites excluding steroid dienone is 4. The minimum Gasteiger partial charge on any atom is -0.391 e. The second kappa shape index (κ2) is 43.2. The minimum atomic E-state index is -4.32. The van der Waals surface area contributed by atoms with E-state index in [1.807, 2.05) is 21.1 Å². The molecule has 0 aromatic carbocycles. The summed E-state index contributed by atoms with van der Waals surface area (Å²) in [7, 11) is 1.62. The van der Waals surface area contributed by atoms with E-state index in [9.17, 15) is 19.4 Å². The molecule has 1 amide bonds. The average Bonchev–Trinajstić information content (AvgIpc) is 3.20. The molecule has 0 radical (unpaired) electrons. The quantitative estimate of drug-likeness (QED) is 0.0243. The van der Waals surface area contributed by atoms with Gasteiger partial charge in [0.25, 0.3) is 0 Å². The van der Waals surface area contributed by atoms with Crippen LogP contribution in [-0.2, 0) is 18.4 Å². The first-order valence-corrected chi connectivity index (χ1v) is 27.2. The van der Waals surface area contributed by atoms with Crippen LogP contribution in [0.5, 0.6) is 0 Å². The number of nitrogens with one attached hydrogen (secondary N) is 1. The molecule has 0 fully saturated rings. The maximum absolute atomic E-state index is 12.9. The molecule has 3 unspecified atom stereocenters. The normalized spacial score (nSPS) is 14.3. The summed E-state index contributed by atoms with van der Waals surface area (Å²) in [6.07, 6.45) is 52.0. The van der Waals surface area contributed by atoms with E-state index in [-0.39, 0.29) is 19.1 Å². The molecule has 8 nitrogen and oxygen atoms in total. The number of carbonyl (C=O) groups excluding carboxylic acids is 1. The predicted molar refractivity (Wildman–Crippen MR) is 258 cm³/mol. The number of carbonyl (C=O) groups is 1. The molecule has 0 rings (SSSR count). The highest BCUT2D eigenvalue weighted by molar-refractivity contribution is 7.47. The third-order valence-corrected chi connectivity index (χ3v) is 12.7. The van der Waals surface area contributed by atoms with Crippen LogP contribution in [0.15, 0.2) is 24.3 Å². The zero-order valence-corrected chi connectivity index (χ0v) is 41.4. The fourth-order valence-corrected chi connectivity index (χ4v) is 8.34. The molecule has 0 bridgehead atoms. The molecule has 0 aromatic rings. The molecule has 0 aliphatic carbocycles. The fourth-order valence-electron chi connectivity index (χ4n) is 7.61. The molecule has 0 heterocycles. The highest BCUT2D eigenvalue weighted by Gasteiger charge is 2.28. The zero-order chi connectivity index (χ0) is 44.3. The summed E-state index contributed by atoms with van der Waals surface area (Å²) in [5, 5.41) is 14.0. The third-order valence-electron chi connectivity index (χ3n) is 11.7. The number of hydrogen-bond acceptors (Lipinski definition) is 5. The van der Waals surface area contributed by atoms with E-state index in [0.717, 1.165) is 44.9 Å². The minimum absolute atomic E-state index is 0.0748. The van der Waals surface area contributed by atoms with E-state index in [4.69, 9.17) is 9.05 Å². The number of aliphatic hydroxyl groups excluding tert-OH is 1. The summed E-state index contributed by atoms with van der Waals surface area (Å²) in [5.41, 5.74) is 0. The van der Waals surface area contributed by atoms with Gasteiger partial charge in [0, 0.05) is 6.42 Å². The Kier molecular flexibility index (Phi) is 42.5. The van der Waals surface area contributed by atoms with Gasteiger partial charge in [-0.2, -0.15) is 0 Å². The Bertz CT molecular complexity index is 1030. The van der Waals surface area contributed by atoms with Crippen LogP contribution < -0.4 is 5.32 Å². The monoisotopic (exact) mass is 870 g/mol. The smallest absolute Gasteiger partial charge is 0.391 e. The molecule has 0 saturated carbocycles. The molecule has 9 heteroatoms. The number of quaternary nitrogens is 1. The lowest BCUT2D eigenvalue weighted by atomic mass is 10.0. The maximum Gasteiger partial charge on any atom is 0.472 e. The average molecular weight is 870 g/mol. The maximum atomic E-state index is 12.9. The summed E-state index contributed by atoms with van der Waals surface area (Å²) < 4.78 is 23.7. The van der Waals surface area contributed by atoms with Crippen LogP contribution in [-0.4, -0.2) is 73.4 Å². The van der Waals surface area contributed by atoms with Crippen LogP contribution >= 0.6 is 7.82 Å². The van der Waals surface area contributed by atoms with E-state index >= 15 is 0 Å². The number of phosphoric ester groups is 1. The third kappa shape index (κ3) is 45.0. The van der Waals surface area contributed by atoms with Crippen molar-refractivity contribution < 1.29 is 32.9 Å². The molecular weight excluding hydrogens is 768 g/mol. The van der Waals surface area contributed by atoms with Gasteiger partial charge < -0.3 is 19.8 Å². The number of amides is 1. The first kappa shape index (κ1) is 59.0. The van der Waals surface area contributed by atoms with Crippen LogP contribution in [0.1, 0.15) is 245 Å². The summed E-state index contributed by atoms with van der Waals surface area (Å²) in [4.78, 5) is 23.3. The number of phosphoric acid groups is 1. The van der Waals surface area contributed by atoms with Crippen LogP contribution in [0.2, 0.25) is 0 Å². The number of aliphatic hydroxyl groups is 1. The van der Waals surface area contributed by atoms with Crippen molar-refractivity contribution in [3.8, 4) is 0 Å². The molecule has 0 aliphatic heterocycles. The van der Waals surface area contributed by atoms with Crippen molar-refractivity contribution in [1.82, 2.24) is 5.32 Å². The Labute approximate surface area is 373 Å². The molecule has 3 atom stereocenters. The molecule has 0 spiro atoms. The molecule has 0 aliphatic rings. The van der Waals surface area contributed by atoms with Gasteiger partial charge in [0.05, 0.1) is 39.9 Å². The number of unbranched alkanes of at least 4 members (excludes halogenated alkanes) is 30. The Morgan fingerprint density at radius 1 is 0.567 bits per heavy atom. The van der Waals surface area contributed by atoms with Crippen molar-refractivity contribution in [2.75, 3.05) is 40.9 Å². The molecule has 0 saturated heterocycles. The zero-order valence-electron chi connectivity index (χ0n) is 40.5. The molecule has 60 heavy (non-hydrogen) atoms.